The molecule has 2 atom stereocenters. The van der Waals surface area contributed by atoms with Gasteiger partial charge < -0.3 is 15.4 Å². The molecule has 180 valence electrons. The van der Waals surface area contributed by atoms with E-state index >= 15 is 0 Å². The lowest BCUT2D eigenvalue weighted by atomic mass is 9.98. The molecular weight excluding hydrogens is 452 g/mol. The van der Waals surface area contributed by atoms with E-state index in [0.717, 1.165) is 23.4 Å². The molecule has 0 unspecified atom stereocenters. The van der Waals surface area contributed by atoms with E-state index in [-0.39, 0.29) is 18.4 Å². The maximum atomic E-state index is 12.7. The van der Waals surface area contributed by atoms with Crippen molar-refractivity contribution in [2.75, 3.05) is 17.2 Å². The number of aryl methyl sites for hydroxylation is 2. The predicted molar refractivity (Wildman–Crippen MR) is 136 cm³/mol. The highest BCUT2D eigenvalue weighted by Gasteiger charge is 2.19. The average Bonchev–Trinajstić information content (AvgIpc) is 3.16. The van der Waals surface area contributed by atoms with E-state index in [0.29, 0.717) is 28.1 Å². The zero-order valence-corrected chi connectivity index (χ0v) is 20.9. The molecule has 3 rings (SSSR count). The van der Waals surface area contributed by atoms with Gasteiger partial charge in [-0.2, -0.15) is 5.10 Å². The number of carbonyl (C=O) groups excluding carboxylic acids is 2. The van der Waals surface area contributed by atoms with Crippen LogP contribution in [0.25, 0.3) is 0 Å². The van der Waals surface area contributed by atoms with E-state index in [9.17, 15) is 9.59 Å². The maximum Gasteiger partial charge on any atom is 0.262 e. The second-order valence-electron chi connectivity index (χ2n) is 8.42. The molecule has 0 fully saturated rings. The van der Waals surface area contributed by atoms with Crippen LogP contribution < -0.4 is 15.4 Å². The van der Waals surface area contributed by atoms with Crippen LogP contribution in [0, 0.1) is 13.8 Å². The molecule has 3 aromatic rings. The third-order valence-corrected chi connectivity index (χ3v) is 6.04. The van der Waals surface area contributed by atoms with Crippen molar-refractivity contribution >= 4 is 34.8 Å². The minimum atomic E-state index is -0.500. The second kappa shape index (κ2) is 11.2. The van der Waals surface area contributed by atoms with Crippen LogP contribution in [0.1, 0.15) is 56.1 Å². The van der Waals surface area contributed by atoms with Crippen LogP contribution in [0.5, 0.6) is 5.75 Å². The van der Waals surface area contributed by atoms with Crippen LogP contribution in [0.4, 0.5) is 11.4 Å². The fourth-order valence-corrected chi connectivity index (χ4v) is 3.89. The Hall–Kier alpha value is -3.32. The van der Waals surface area contributed by atoms with Gasteiger partial charge in [0.1, 0.15) is 11.8 Å². The molecule has 7 nitrogen and oxygen atoms in total. The first-order chi connectivity index (χ1) is 16.2. The summed E-state index contributed by atoms with van der Waals surface area (Å²) in [4.78, 5) is 25.1. The number of aromatic nitrogens is 2. The van der Waals surface area contributed by atoms with E-state index < -0.39 is 6.04 Å². The van der Waals surface area contributed by atoms with Crippen LogP contribution >= 0.6 is 11.6 Å². The number of ether oxygens (including phenoxy) is 1. The Balaban J connectivity index is 1.59. The molecule has 0 saturated heterocycles. The molecule has 0 spiro atoms. The number of benzene rings is 2. The molecule has 0 aliphatic rings. The minimum Gasteiger partial charge on any atom is -0.483 e. The van der Waals surface area contributed by atoms with Gasteiger partial charge >= 0.3 is 0 Å². The maximum absolute atomic E-state index is 12.7. The number of rotatable bonds is 9. The van der Waals surface area contributed by atoms with Crippen molar-refractivity contribution in [2.45, 2.75) is 53.0 Å². The summed E-state index contributed by atoms with van der Waals surface area (Å²) < 4.78 is 7.44. The molecule has 1 aromatic heterocycles. The predicted octanol–water partition coefficient (Wildman–Crippen LogP) is 5.88. The first-order valence-electron chi connectivity index (χ1n) is 11.3. The number of hydrogen-bond acceptors (Lipinski definition) is 4. The Morgan fingerprint density at radius 3 is 2.47 bits per heavy atom. The minimum absolute atomic E-state index is 0.121. The molecule has 34 heavy (non-hydrogen) atoms. The number of para-hydroxylation sites is 1. The lowest BCUT2D eigenvalue weighted by Crippen LogP contribution is -2.25. The van der Waals surface area contributed by atoms with Crippen molar-refractivity contribution in [3.8, 4) is 5.75 Å². The largest absolute Gasteiger partial charge is 0.483 e. The topological polar surface area (TPSA) is 85.3 Å². The molecular formula is C26H31ClN4O3. The quantitative estimate of drug-likeness (QED) is 0.398. The first-order valence-corrected chi connectivity index (χ1v) is 11.7. The molecule has 2 N–H and O–H groups in total. The third-order valence-electron chi connectivity index (χ3n) is 5.72. The van der Waals surface area contributed by atoms with Crippen LogP contribution in [-0.2, 0) is 9.59 Å². The molecule has 0 radical (unpaired) electrons. The Bertz CT molecular complexity index is 1170. The van der Waals surface area contributed by atoms with Gasteiger partial charge in [-0.05, 0) is 69.0 Å². The smallest absolute Gasteiger partial charge is 0.262 e. The Kier molecular flexibility index (Phi) is 8.34. The molecule has 0 saturated carbocycles. The van der Waals surface area contributed by atoms with Crippen molar-refractivity contribution in [1.82, 2.24) is 9.78 Å². The summed E-state index contributed by atoms with van der Waals surface area (Å²) in [6.45, 7) is 9.68. The van der Waals surface area contributed by atoms with Crippen LogP contribution in [0.15, 0.2) is 48.5 Å². The Labute approximate surface area is 205 Å². The number of nitrogens with one attached hydrogen (secondary N) is 2. The van der Waals surface area contributed by atoms with E-state index in [1.54, 1.807) is 29.8 Å². The van der Waals surface area contributed by atoms with E-state index in [4.69, 9.17) is 16.3 Å². The van der Waals surface area contributed by atoms with Crippen molar-refractivity contribution in [2.24, 2.45) is 0 Å². The molecule has 0 bridgehead atoms. The third kappa shape index (κ3) is 6.17. The first kappa shape index (κ1) is 25.3. The summed E-state index contributed by atoms with van der Waals surface area (Å²) >= 11 is 6.37. The molecule has 1 heterocycles. The molecule has 8 heteroatoms. The summed E-state index contributed by atoms with van der Waals surface area (Å²) in [6.07, 6.45) is 0.980. The number of anilines is 2. The lowest BCUT2D eigenvalue weighted by Gasteiger charge is -2.16. The van der Waals surface area contributed by atoms with Gasteiger partial charge in [-0.3, -0.25) is 14.3 Å². The van der Waals surface area contributed by atoms with Gasteiger partial charge in [-0.1, -0.05) is 43.6 Å². The highest BCUT2D eigenvalue weighted by atomic mass is 35.5. The van der Waals surface area contributed by atoms with E-state index in [1.807, 2.05) is 44.2 Å². The van der Waals surface area contributed by atoms with Crippen molar-refractivity contribution in [3.05, 3.63) is 70.5 Å². The molecule has 0 aliphatic heterocycles. The summed E-state index contributed by atoms with van der Waals surface area (Å²) in [6, 6.07) is 14.1. The second-order valence-corrected chi connectivity index (χ2v) is 8.82. The lowest BCUT2D eigenvalue weighted by molar-refractivity contribution is -0.119. The fourth-order valence-electron chi connectivity index (χ4n) is 3.66. The SMILES string of the molecule is CC[C@H](C)c1ccccc1OCC(=O)Nc1ccc(NC(=O)[C@@H](C)n2nc(C)cc2C)c(Cl)c1. The highest BCUT2D eigenvalue weighted by Crippen LogP contribution is 2.29. The Morgan fingerprint density at radius 1 is 1.09 bits per heavy atom. The van der Waals surface area contributed by atoms with Gasteiger partial charge in [-0.25, -0.2) is 0 Å². The number of nitrogens with zero attached hydrogens (tertiary/aromatic N) is 2. The summed E-state index contributed by atoms with van der Waals surface area (Å²) in [7, 11) is 0. The fraction of sp³-hybridized carbons (Fsp3) is 0.346. The average molecular weight is 483 g/mol. The zero-order chi connectivity index (χ0) is 24.8. The summed E-state index contributed by atoms with van der Waals surface area (Å²) in [5, 5.41) is 10.3. The number of hydrogen-bond donors (Lipinski definition) is 2. The Morgan fingerprint density at radius 2 is 1.82 bits per heavy atom. The number of carbonyl (C=O) groups is 2. The van der Waals surface area contributed by atoms with Crippen LogP contribution in [0.2, 0.25) is 5.02 Å². The van der Waals surface area contributed by atoms with Gasteiger partial charge in [0.05, 0.1) is 16.4 Å². The van der Waals surface area contributed by atoms with Crippen molar-refractivity contribution in [1.29, 1.82) is 0 Å². The van der Waals surface area contributed by atoms with Gasteiger partial charge in [0.15, 0.2) is 6.61 Å². The van der Waals surface area contributed by atoms with Gasteiger partial charge in [-0.15, -0.1) is 0 Å². The molecule has 2 aromatic carbocycles. The molecule has 2 amide bonds. The highest BCUT2D eigenvalue weighted by molar-refractivity contribution is 6.34. The van der Waals surface area contributed by atoms with Gasteiger partial charge in [0, 0.05) is 11.4 Å². The zero-order valence-electron chi connectivity index (χ0n) is 20.2. The standard InChI is InChI=1S/C26H31ClN4O3/c1-6-16(2)21-9-7-8-10-24(21)34-15-25(32)28-20-11-12-23(22(27)14-20)29-26(33)19(5)31-18(4)13-17(3)30-31/h7-14,16,19H,6,15H2,1-5H3,(H,28,32)(H,29,33)/t16-,19+/m0/s1. The van der Waals surface area contributed by atoms with Crippen molar-refractivity contribution < 1.29 is 14.3 Å². The van der Waals surface area contributed by atoms with Crippen LogP contribution in [0.3, 0.4) is 0 Å². The monoisotopic (exact) mass is 482 g/mol. The number of halogens is 1. The molecule has 0 aliphatic carbocycles. The van der Waals surface area contributed by atoms with Crippen LogP contribution in [-0.4, -0.2) is 28.2 Å². The number of amides is 2. The van der Waals surface area contributed by atoms with Gasteiger partial charge in [0.25, 0.3) is 5.91 Å². The van der Waals surface area contributed by atoms with E-state index in [1.165, 1.54) is 0 Å². The summed E-state index contributed by atoms with van der Waals surface area (Å²) in [5.41, 5.74) is 3.80. The van der Waals surface area contributed by atoms with Gasteiger partial charge in [0.2, 0.25) is 5.91 Å². The summed E-state index contributed by atoms with van der Waals surface area (Å²) in [5.74, 6) is 0.507. The normalized spacial score (nSPS) is 12.6. The van der Waals surface area contributed by atoms with Crippen molar-refractivity contribution in [3.63, 3.8) is 0 Å². The van der Waals surface area contributed by atoms with E-state index in [2.05, 4.69) is 29.6 Å².